The Hall–Kier alpha value is -0.630. The number of unbranched alkanes of at least 4 members (excludes halogenated alkanes) is 1. The van der Waals surface area contributed by atoms with E-state index in [4.69, 9.17) is 5.73 Å². The summed E-state index contributed by atoms with van der Waals surface area (Å²) in [5, 5.41) is 7.39. The lowest BCUT2D eigenvalue weighted by Crippen LogP contribution is -2.52. The Balaban J connectivity index is 2.33. The Morgan fingerprint density at radius 2 is 2.33 bits per heavy atom. The van der Waals surface area contributed by atoms with E-state index in [1.54, 1.807) is 0 Å². The van der Waals surface area contributed by atoms with Crippen LogP contribution in [0.3, 0.4) is 0 Å². The molecule has 0 aliphatic carbocycles. The molecule has 0 spiro atoms. The first-order chi connectivity index (χ1) is 8.48. The van der Waals surface area contributed by atoms with Crippen molar-refractivity contribution in [1.29, 1.82) is 0 Å². The number of rotatable bonds is 8. The van der Waals surface area contributed by atoms with Crippen molar-refractivity contribution in [2.24, 2.45) is 5.73 Å². The first-order valence-corrected chi connectivity index (χ1v) is 7.28. The fourth-order valence-electron chi connectivity index (χ4n) is 1.90. The summed E-state index contributed by atoms with van der Waals surface area (Å²) in [7, 11) is 0. The van der Waals surface area contributed by atoms with Gasteiger partial charge in [-0.15, -0.1) is 0 Å². The van der Waals surface area contributed by atoms with Crippen molar-refractivity contribution < 1.29 is 4.79 Å². The summed E-state index contributed by atoms with van der Waals surface area (Å²) < 4.78 is 3.07. The number of nitrogens with one attached hydrogen (secondary N) is 1. The highest BCUT2D eigenvalue weighted by Gasteiger charge is 2.28. The van der Waals surface area contributed by atoms with E-state index in [1.807, 2.05) is 30.9 Å². The average Bonchev–Trinajstić information content (AvgIpc) is 2.71. The van der Waals surface area contributed by atoms with Crippen LogP contribution in [-0.2, 0) is 11.3 Å². The molecule has 1 aromatic rings. The van der Waals surface area contributed by atoms with Gasteiger partial charge in [0.2, 0.25) is 5.91 Å². The van der Waals surface area contributed by atoms with Gasteiger partial charge in [-0.25, -0.2) is 0 Å². The Bertz CT molecular complexity index is 393. The molecule has 0 saturated heterocycles. The number of hydrogen-bond acceptors (Lipinski definition) is 3. The zero-order valence-corrected chi connectivity index (χ0v) is 13.1. The summed E-state index contributed by atoms with van der Waals surface area (Å²) in [5.74, 6) is -0.280. The summed E-state index contributed by atoms with van der Waals surface area (Å²) in [6.45, 7) is 5.48. The predicted molar refractivity (Wildman–Crippen MR) is 80.1 cm³/mol. The third-order valence-corrected chi connectivity index (χ3v) is 3.58. The molecule has 0 radical (unpaired) electrons. The molecular formula is C12H21IN4O. The van der Waals surface area contributed by atoms with E-state index >= 15 is 0 Å². The molecule has 1 atom stereocenters. The summed E-state index contributed by atoms with van der Waals surface area (Å²) in [6, 6.07) is 0. The van der Waals surface area contributed by atoms with Crippen LogP contribution in [0.2, 0.25) is 0 Å². The number of aromatic nitrogens is 2. The van der Waals surface area contributed by atoms with E-state index in [0.29, 0.717) is 0 Å². The van der Waals surface area contributed by atoms with Crippen LogP contribution in [0.15, 0.2) is 12.4 Å². The van der Waals surface area contributed by atoms with Crippen LogP contribution in [-0.4, -0.2) is 27.8 Å². The molecule has 3 N–H and O–H groups in total. The van der Waals surface area contributed by atoms with Crippen molar-refractivity contribution in [3.8, 4) is 0 Å². The zero-order chi connectivity index (χ0) is 13.6. The first kappa shape index (κ1) is 15.4. The maximum Gasteiger partial charge on any atom is 0.237 e. The second-order valence-corrected chi connectivity index (χ2v) is 5.85. The fourth-order valence-corrected chi connectivity index (χ4v) is 2.35. The number of halogens is 1. The van der Waals surface area contributed by atoms with Crippen molar-refractivity contribution in [3.05, 3.63) is 16.0 Å². The first-order valence-electron chi connectivity index (χ1n) is 6.21. The smallest absolute Gasteiger partial charge is 0.237 e. The van der Waals surface area contributed by atoms with Crippen LogP contribution in [0.4, 0.5) is 0 Å². The van der Waals surface area contributed by atoms with Gasteiger partial charge in [-0.2, -0.15) is 5.10 Å². The quantitative estimate of drug-likeness (QED) is 0.543. The lowest BCUT2D eigenvalue weighted by Gasteiger charge is -2.26. The molecule has 5 nitrogen and oxygen atoms in total. The summed E-state index contributed by atoms with van der Waals surface area (Å²) >= 11 is 2.24. The van der Waals surface area contributed by atoms with E-state index in [2.05, 4.69) is 33.0 Å². The molecule has 1 unspecified atom stereocenters. The molecule has 18 heavy (non-hydrogen) atoms. The number of amides is 1. The van der Waals surface area contributed by atoms with Gasteiger partial charge in [0.25, 0.3) is 0 Å². The molecule has 102 valence electrons. The minimum Gasteiger partial charge on any atom is -0.368 e. The van der Waals surface area contributed by atoms with E-state index in [1.165, 1.54) is 0 Å². The Morgan fingerprint density at radius 3 is 2.83 bits per heavy atom. The van der Waals surface area contributed by atoms with Crippen molar-refractivity contribution >= 4 is 28.5 Å². The zero-order valence-electron chi connectivity index (χ0n) is 10.9. The van der Waals surface area contributed by atoms with E-state index < -0.39 is 5.54 Å². The number of likely N-dealkylation sites (N-methyl/N-ethyl adjacent to an activating group) is 1. The lowest BCUT2D eigenvalue weighted by atomic mass is 9.94. The van der Waals surface area contributed by atoms with Crippen LogP contribution in [0.25, 0.3) is 0 Å². The second kappa shape index (κ2) is 7.08. The van der Waals surface area contributed by atoms with Crippen molar-refractivity contribution in [2.75, 3.05) is 6.54 Å². The van der Waals surface area contributed by atoms with Crippen molar-refractivity contribution in [3.63, 3.8) is 0 Å². The van der Waals surface area contributed by atoms with Crippen molar-refractivity contribution in [2.45, 2.75) is 45.2 Å². The highest BCUT2D eigenvalue weighted by atomic mass is 127. The fraction of sp³-hybridized carbons (Fsp3) is 0.667. The summed E-state index contributed by atoms with van der Waals surface area (Å²) in [4.78, 5) is 11.4. The van der Waals surface area contributed by atoms with Gasteiger partial charge in [0, 0.05) is 12.7 Å². The van der Waals surface area contributed by atoms with Crippen LogP contribution in [0, 0.1) is 3.57 Å². The minimum atomic E-state index is -0.590. The number of hydrogen-bond donors (Lipinski definition) is 2. The average molecular weight is 364 g/mol. The molecule has 0 saturated carbocycles. The summed E-state index contributed by atoms with van der Waals surface area (Å²) in [6.07, 6.45) is 6.55. The van der Waals surface area contributed by atoms with E-state index in [0.717, 1.165) is 35.9 Å². The lowest BCUT2D eigenvalue weighted by molar-refractivity contribution is -0.124. The predicted octanol–water partition coefficient (Wildman–Crippen LogP) is 1.51. The molecule has 0 aliphatic rings. The molecule has 0 aliphatic heterocycles. The third-order valence-electron chi connectivity index (χ3n) is 3.03. The van der Waals surface area contributed by atoms with Crippen LogP contribution < -0.4 is 11.1 Å². The van der Waals surface area contributed by atoms with Gasteiger partial charge >= 0.3 is 0 Å². The maximum absolute atomic E-state index is 11.4. The highest BCUT2D eigenvalue weighted by Crippen LogP contribution is 2.14. The molecule has 0 bridgehead atoms. The molecular weight excluding hydrogens is 343 g/mol. The molecule has 0 aromatic carbocycles. The number of aryl methyl sites for hydroxylation is 1. The van der Waals surface area contributed by atoms with Gasteiger partial charge in [-0.1, -0.05) is 6.92 Å². The molecule has 0 fully saturated rings. The normalized spacial score (nSPS) is 14.4. The second-order valence-electron chi connectivity index (χ2n) is 4.61. The van der Waals surface area contributed by atoms with Gasteiger partial charge < -0.3 is 11.1 Å². The van der Waals surface area contributed by atoms with Gasteiger partial charge in [0.15, 0.2) is 0 Å². The van der Waals surface area contributed by atoms with Crippen LogP contribution in [0.5, 0.6) is 0 Å². The monoisotopic (exact) mass is 364 g/mol. The molecule has 6 heteroatoms. The van der Waals surface area contributed by atoms with Gasteiger partial charge in [-0.05, 0) is 55.3 Å². The molecule has 1 rings (SSSR count). The maximum atomic E-state index is 11.4. The van der Waals surface area contributed by atoms with E-state index in [-0.39, 0.29) is 5.91 Å². The van der Waals surface area contributed by atoms with Crippen molar-refractivity contribution in [1.82, 2.24) is 15.1 Å². The highest BCUT2D eigenvalue weighted by molar-refractivity contribution is 14.1. The Labute approximate surface area is 122 Å². The number of nitrogens with zero attached hydrogens (tertiary/aromatic N) is 2. The molecule has 1 amide bonds. The van der Waals surface area contributed by atoms with Gasteiger partial charge in [0.1, 0.15) is 0 Å². The number of primary amides is 1. The molecule has 1 aromatic heterocycles. The van der Waals surface area contributed by atoms with Crippen LogP contribution in [0.1, 0.15) is 33.1 Å². The SMILES string of the molecule is CCNC(C)(CCCCn1cc(I)cn1)C(N)=O. The molecule has 1 heterocycles. The minimum absolute atomic E-state index is 0.280. The van der Waals surface area contributed by atoms with E-state index in [9.17, 15) is 4.79 Å². The number of nitrogens with two attached hydrogens (primary N) is 1. The Morgan fingerprint density at radius 1 is 1.61 bits per heavy atom. The Kier molecular flexibility index (Phi) is 6.07. The van der Waals surface area contributed by atoms with Gasteiger partial charge in [0.05, 0.1) is 15.3 Å². The number of carbonyl (C=O) groups is 1. The number of carbonyl (C=O) groups excluding carboxylic acids is 1. The largest absolute Gasteiger partial charge is 0.368 e. The topological polar surface area (TPSA) is 72.9 Å². The standard InChI is InChI=1S/C12H21IN4O/c1-3-15-12(2,11(14)18)6-4-5-7-17-9-10(13)8-16-17/h8-9,15H,3-7H2,1-2H3,(H2,14,18). The van der Waals surface area contributed by atoms with Crippen LogP contribution >= 0.6 is 22.6 Å². The van der Waals surface area contributed by atoms with Gasteiger partial charge in [-0.3, -0.25) is 9.48 Å². The summed E-state index contributed by atoms with van der Waals surface area (Å²) in [5.41, 5.74) is 4.84. The third kappa shape index (κ3) is 4.56.